The number of hydrogen-bond acceptors (Lipinski definition) is 6. The Morgan fingerprint density at radius 1 is 1.14 bits per heavy atom. The van der Waals surface area contributed by atoms with Gasteiger partial charge in [0.1, 0.15) is 11.4 Å². The number of nitrogens with one attached hydrogen (secondary N) is 1. The molecule has 1 aliphatic rings. The molecule has 1 amide bonds. The number of aromatic nitrogens is 4. The second-order valence-corrected chi connectivity index (χ2v) is 6.56. The van der Waals surface area contributed by atoms with E-state index in [0.717, 1.165) is 18.5 Å². The molecule has 1 atom stereocenters. The Morgan fingerprint density at radius 3 is 2.75 bits per heavy atom. The number of nitrogens with zero attached hydrogens (tertiary/aromatic N) is 4. The smallest absolute Gasteiger partial charge is 0.271 e. The molecule has 0 unspecified atom stereocenters. The summed E-state index contributed by atoms with van der Waals surface area (Å²) in [6.45, 7) is 1.26. The number of carbonyl (C=O) groups excluding carboxylic acids is 1. The molecule has 8 nitrogen and oxygen atoms in total. The standard InChI is InChI=1S/C20H21N5O3/c1-27-16-6-2-3-7-17(16)28-19-18(21-10-11-22-19)14-5-4-12-25(13-14)20(26)15-8-9-23-24-15/h2-3,6-11,14H,4-5,12-13H2,1H3,(H,23,24)/t14-/m0/s1. The van der Waals surface area contributed by atoms with Gasteiger partial charge in [0.05, 0.1) is 7.11 Å². The van der Waals surface area contributed by atoms with Crippen molar-refractivity contribution in [1.82, 2.24) is 25.1 Å². The minimum atomic E-state index is -0.0571. The van der Waals surface area contributed by atoms with Crippen molar-refractivity contribution < 1.29 is 14.3 Å². The lowest BCUT2D eigenvalue weighted by Crippen LogP contribution is -2.39. The van der Waals surface area contributed by atoms with E-state index in [1.54, 1.807) is 31.8 Å². The van der Waals surface area contributed by atoms with E-state index in [4.69, 9.17) is 9.47 Å². The van der Waals surface area contributed by atoms with Crippen LogP contribution in [-0.4, -0.2) is 51.2 Å². The molecule has 1 aliphatic heterocycles. The van der Waals surface area contributed by atoms with Crippen LogP contribution in [0.3, 0.4) is 0 Å². The third-order valence-corrected chi connectivity index (χ3v) is 4.79. The number of hydrogen-bond donors (Lipinski definition) is 1. The molecule has 0 spiro atoms. The van der Waals surface area contributed by atoms with E-state index in [9.17, 15) is 4.79 Å². The van der Waals surface area contributed by atoms with Gasteiger partial charge in [-0.3, -0.25) is 14.9 Å². The molecule has 3 heterocycles. The Bertz CT molecular complexity index is 945. The molecule has 0 saturated carbocycles. The lowest BCUT2D eigenvalue weighted by molar-refractivity contribution is 0.0698. The first-order valence-corrected chi connectivity index (χ1v) is 9.16. The van der Waals surface area contributed by atoms with Crippen LogP contribution in [0.2, 0.25) is 0 Å². The monoisotopic (exact) mass is 379 g/mol. The first kappa shape index (κ1) is 18.0. The third-order valence-electron chi connectivity index (χ3n) is 4.79. The Balaban J connectivity index is 1.56. The lowest BCUT2D eigenvalue weighted by Gasteiger charge is -2.32. The van der Waals surface area contributed by atoms with E-state index in [0.29, 0.717) is 36.2 Å². The van der Waals surface area contributed by atoms with Crippen LogP contribution in [-0.2, 0) is 0 Å². The zero-order valence-corrected chi connectivity index (χ0v) is 15.5. The van der Waals surface area contributed by atoms with E-state index in [-0.39, 0.29) is 11.8 Å². The van der Waals surface area contributed by atoms with E-state index in [1.165, 1.54) is 0 Å². The molecule has 0 aliphatic carbocycles. The second-order valence-electron chi connectivity index (χ2n) is 6.56. The Morgan fingerprint density at radius 2 is 1.96 bits per heavy atom. The van der Waals surface area contributed by atoms with Crippen LogP contribution in [0.1, 0.15) is 34.9 Å². The summed E-state index contributed by atoms with van der Waals surface area (Å²) in [4.78, 5) is 23.4. The highest BCUT2D eigenvalue weighted by molar-refractivity contribution is 5.92. The average molecular weight is 379 g/mol. The lowest BCUT2D eigenvalue weighted by atomic mass is 9.94. The van der Waals surface area contributed by atoms with Crippen molar-refractivity contribution in [3.63, 3.8) is 0 Å². The third kappa shape index (κ3) is 3.66. The molecule has 0 bridgehead atoms. The van der Waals surface area contributed by atoms with Crippen LogP contribution in [0.5, 0.6) is 17.4 Å². The van der Waals surface area contributed by atoms with Crippen LogP contribution in [0.4, 0.5) is 0 Å². The molecular formula is C20H21N5O3. The molecule has 28 heavy (non-hydrogen) atoms. The van der Waals surface area contributed by atoms with Gasteiger partial charge in [-0.25, -0.2) is 4.98 Å². The van der Waals surface area contributed by atoms with Gasteiger partial charge in [-0.05, 0) is 31.0 Å². The predicted molar refractivity (Wildman–Crippen MR) is 102 cm³/mol. The summed E-state index contributed by atoms with van der Waals surface area (Å²) >= 11 is 0. The van der Waals surface area contributed by atoms with E-state index in [1.807, 2.05) is 29.2 Å². The Hall–Kier alpha value is -3.42. The maximum atomic E-state index is 12.7. The zero-order valence-electron chi connectivity index (χ0n) is 15.5. The van der Waals surface area contributed by atoms with Gasteiger partial charge >= 0.3 is 0 Å². The van der Waals surface area contributed by atoms with Gasteiger partial charge in [0, 0.05) is 37.6 Å². The van der Waals surface area contributed by atoms with Crippen LogP contribution < -0.4 is 9.47 Å². The fourth-order valence-electron chi connectivity index (χ4n) is 3.43. The van der Waals surface area contributed by atoms with Crippen LogP contribution in [0.25, 0.3) is 0 Å². The number of H-pyrrole nitrogens is 1. The minimum Gasteiger partial charge on any atom is -0.493 e. The van der Waals surface area contributed by atoms with Crippen molar-refractivity contribution in [3.8, 4) is 17.4 Å². The van der Waals surface area contributed by atoms with Gasteiger partial charge in [0.25, 0.3) is 5.91 Å². The fourth-order valence-corrected chi connectivity index (χ4v) is 3.43. The number of amides is 1. The van der Waals surface area contributed by atoms with Crippen molar-refractivity contribution in [2.75, 3.05) is 20.2 Å². The highest BCUT2D eigenvalue weighted by Gasteiger charge is 2.29. The summed E-state index contributed by atoms with van der Waals surface area (Å²) in [7, 11) is 1.60. The molecule has 1 saturated heterocycles. The number of benzene rings is 1. The summed E-state index contributed by atoms with van der Waals surface area (Å²) in [5.41, 5.74) is 1.24. The molecule has 3 aromatic rings. The van der Waals surface area contributed by atoms with Gasteiger partial charge in [-0.15, -0.1) is 0 Å². The molecule has 4 rings (SSSR count). The highest BCUT2D eigenvalue weighted by Crippen LogP contribution is 2.35. The summed E-state index contributed by atoms with van der Waals surface area (Å²) in [5, 5.41) is 6.60. The Labute approximate surface area is 162 Å². The second kappa shape index (κ2) is 8.08. The SMILES string of the molecule is COc1ccccc1Oc1nccnc1[C@H]1CCCN(C(=O)c2ccn[nH]2)C1. The van der Waals surface area contributed by atoms with Gasteiger partial charge < -0.3 is 14.4 Å². The van der Waals surface area contributed by atoms with Crippen LogP contribution in [0.15, 0.2) is 48.9 Å². The average Bonchev–Trinajstić information content (AvgIpc) is 3.29. The number of likely N-dealkylation sites (tertiary alicyclic amines) is 1. The molecule has 2 aromatic heterocycles. The van der Waals surface area contributed by atoms with Crippen molar-refractivity contribution in [3.05, 3.63) is 60.3 Å². The molecule has 144 valence electrons. The number of rotatable bonds is 5. The number of carbonyl (C=O) groups is 1. The van der Waals surface area contributed by atoms with Gasteiger partial charge in [-0.2, -0.15) is 5.10 Å². The number of methoxy groups -OCH3 is 1. The van der Waals surface area contributed by atoms with Crippen molar-refractivity contribution in [2.24, 2.45) is 0 Å². The van der Waals surface area contributed by atoms with Crippen molar-refractivity contribution in [2.45, 2.75) is 18.8 Å². The first-order chi connectivity index (χ1) is 13.8. The minimum absolute atomic E-state index is 0.0408. The molecule has 1 aromatic carbocycles. The largest absolute Gasteiger partial charge is 0.493 e. The van der Waals surface area contributed by atoms with Crippen molar-refractivity contribution in [1.29, 1.82) is 0 Å². The topological polar surface area (TPSA) is 93.2 Å². The van der Waals surface area contributed by atoms with E-state index in [2.05, 4.69) is 20.2 Å². The predicted octanol–water partition coefficient (Wildman–Crippen LogP) is 3.02. The molecular weight excluding hydrogens is 358 g/mol. The summed E-state index contributed by atoms with van der Waals surface area (Å²) in [6, 6.07) is 9.09. The zero-order chi connectivity index (χ0) is 19.3. The summed E-state index contributed by atoms with van der Waals surface area (Å²) in [6.07, 6.45) is 6.63. The number of aromatic amines is 1. The van der Waals surface area contributed by atoms with Crippen LogP contribution >= 0.6 is 0 Å². The quantitative estimate of drug-likeness (QED) is 0.732. The number of ether oxygens (including phenoxy) is 2. The number of para-hydroxylation sites is 2. The highest BCUT2D eigenvalue weighted by atomic mass is 16.5. The van der Waals surface area contributed by atoms with Crippen molar-refractivity contribution >= 4 is 5.91 Å². The molecule has 0 radical (unpaired) electrons. The van der Waals surface area contributed by atoms with Gasteiger partial charge in [0.2, 0.25) is 5.88 Å². The Kier molecular flexibility index (Phi) is 5.18. The first-order valence-electron chi connectivity index (χ1n) is 9.16. The summed E-state index contributed by atoms with van der Waals surface area (Å²) < 4.78 is 11.4. The van der Waals surface area contributed by atoms with E-state index >= 15 is 0 Å². The molecule has 1 fully saturated rings. The maximum absolute atomic E-state index is 12.7. The number of piperidine rings is 1. The maximum Gasteiger partial charge on any atom is 0.271 e. The van der Waals surface area contributed by atoms with Gasteiger partial charge in [0.15, 0.2) is 11.5 Å². The van der Waals surface area contributed by atoms with Gasteiger partial charge in [-0.1, -0.05) is 12.1 Å². The van der Waals surface area contributed by atoms with E-state index < -0.39 is 0 Å². The molecule has 1 N–H and O–H groups in total. The van der Waals surface area contributed by atoms with Crippen LogP contribution in [0, 0.1) is 0 Å². The fraction of sp³-hybridized carbons (Fsp3) is 0.300. The normalized spacial score (nSPS) is 16.6. The summed E-state index contributed by atoms with van der Waals surface area (Å²) in [5.74, 6) is 1.62. The molecule has 8 heteroatoms.